The minimum absolute atomic E-state index is 0.0171. The van der Waals surface area contributed by atoms with Gasteiger partial charge in [0.25, 0.3) is 0 Å². The molecular formula is C20H20FN3O2. The maximum absolute atomic E-state index is 14.0. The first kappa shape index (κ1) is 16.7. The van der Waals surface area contributed by atoms with Crippen LogP contribution in [0.2, 0.25) is 0 Å². The Balaban J connectivity index is 1.50. The van der Waals surface area contributed by atoms with E-state index in [0.717, 1.165) is 18.4 Å². The second-order valence-electron chi connectivity index (χ2n) is 6.91. The zero-order valence-corrected chi connectivity index (χ0v) is 14.3. The van der Waals surface area contributed by atoms with Gasteiger partial charge in [-0.05, 0) is 42.7 Å². The molecular weight excluding hydrogens is 333 g/mol. The molecule has 1 aromatic carbocycles. The Morgan fingerprint density at radius 2 is 1.92 bits per heavy atom. The van der Waals surface area contributed by atoms with E-state index in [4.69, 9.17) is 0 Å². The number of carbonyl (C=O) groups is 2. The second-order valence-corrected chi connectivity index (χ2v) is 6.91. The molecule has 1 saturated heterocycles. The summed E-state index contributed by atoms with van der Waals surface area (Å²) in [5, 5.41) is 0. The molecule has 1 aromatic heterocycles. The molecule has 2 heterocycles. The maximum Gasteiger partial charge on any atom is 0.228 e. The Bertz CT molecular complexity index is 823. The van der Waals surface area contributed by atoms with E-state index in [1.165, 1.54) is 11.0 Å². The molecule has 6 heteroatoms. The lowest BCUT2D eigenvalue weighted by Crippen LogP contribution is -2.38. The van der Waals surface area contributed by atoms with E-state index >= 15 is 0 Å². The number of halogens is 1. The molecule has 26 heavy (non-hydrogen) atoms. The Labute approximate surface area is 151 Å². The van der Waals surface area contributed by atoms with Gasteiger partial charge in [-0.1, -0.05) is 12.1 Å². The summed E-state index contributed by atoms with van der Waals surface area (Å²) >= 11 is 0. The fourth-order valence-corrected chi connectivity index (χ4v) is 3.47. The van der Waals surface area contributed by atoms with Crippen LogP contribution in [0.5, 0.6) is 0 Å². The summed E-state index contributed by atoms with van der Waals surface area (Å²) in [6, 6.07) is 10.2. The largest absolute Gasteiger partial charge is 0.335 e. The molecule has 1 aliphatic heterocycles. The fraction of sp³-hybridized carbons (Fsp3) is 0.350. The topological polar surface area (TPSA) is 53.5 Å². The molecule has 0 spiro atoms. The number of rotatable bonds is 5. The zero-order chi connectivity index (χ0) is 18.1. The van der Waals surface area contributed by atoms with Crippen LogP contribution >= 0.6 is 0 Å². The van der Waals surface area contributed by atoms with Crippen molar-refractivity contribution in [3.05, 3.63) is 60.2 Å². The Kier molecular flexibility index (Phi) is 4.41. The molecule has 1 unspecified atom stereocenters. The van der Waals surface area contributed by atoms with Gasteiger partial charge in [0.15, 0.2) is 0 Å². The third kappa shape index (κ3) is 3.31. The summed E-state index contributed by atoms with van der Waals surface area (Å²) in [6.45, 7) is 0.759. The average molecular weight is 353 g/mol. The molecule has 4 rings (SSSR count). The van der Waals surface area contributed by atoms with Gasteiger partial charge in [-0.3, -0.25) is 14.6 Å². The molecule has 2 amide bonds. The molecule has 2 aromatic rings. The highest BCUT2D eigenvalue weighted by molar-refractivity contribution is 6.00. The van der Waals surface area contributed by atoms with Crippen LogP contribution in [0, 0.1) is 11.7 Å². The van der Waals surface area contributed by atoms with Crippen molar-refractivity contribution in [2.75, 3.05) is 11.4 Å². The van der Waals surface area contributed by atoms with Crippen LogP contribution in [0.4, 0.5) is 10.1 Å². The van der Waals surface area contributed by atoms with Gasteiger partial charge >= 0.3 is 0 Å². The maximum atomic E-state index is 14.0. The Hall–Kier alpha value is -2.76. The standard InChI is InChI=1S/C20H20FN3O2/c21-17-3-1-2-4-18(17)24-13-15(11-19(24)25)20(26)23(16-5-6-16)12-14-7-9-22-10-8-14/h1-4,7-10,15-16H,5-6,11-13H2. The lowest BCUT2D eigenvalue weighted by atomic mass is 10.1. The molecule has 2 fully saturated rings. The van der Waals surface area contributed by atoms with Crippen molar-refractivity contribution in [1.82, 2.24) is 9.88 Å². The summed E-state index contributed by atoms with van der Waals surface area (Å²) in [6.07, 6.45) is 5.55. The van der Waals surface area contributed by atoms with E-state index in [1.807, 2.05) is 17.0 Å². The van der Waals surface area contributed by atoms with Crippen LogP contribution in [-0.2, 0) is 16.1 Å². The van der Waals surface area contributed by atoms with Gasteiger partial charge in [0.05, 0.1) is 11.6 Å². The first-order valence-electron chi connectivity index (χ1n) is 8.88. The molecule has 134 valence electrons. The lowest BCUT2D eigenvalue weighted by molar-refractivity contribution is -0.137. The highest BCUT2D eigenvalue weighted by Gasteiger charge is 2.41. The van der Waals surface area contributed by atoms with Crippen molar-refractivity contribution < 1.29 is 14.0 Å². The number of amides is 2. The number of benzene rings is 1. The average Bonchev–Trinajstić information content (AvgIpc) is 3.42. The molecule has 0 N–H and O–H groups in total. The number of nitrogens with zero attached hydrogens (tertiary/aromatic N) is 3. The molecule has 5 nitrogen and oxygen atoms in total. The number of hydrogen-bond donors (Lipinski definition) is 0. The molecule has 0 bridgehead atoms. The van der Waals surface area contributed by atoms with Crippen molar-refractivity contribution in [2.24, 2.45) is 5.92 Å². The van der Waals surface area contributed by atoms with Crippen molar-refractivity contribution in [3.8, 4) is 0 Å². The monoisotopic (exact) mass is 353 g/mol. The Morgan fingerprint density at radius 1 is 1.19 bits per heavy atom. The van der Waals surface area contributed by atoms with Gasteiger partial charge in [0.2, 0.25) is 11.8 Å². The number of hydrogen-bond acceptors (Lipinski definition) is 3. The van der Waals surface area contributed by atoms with Crippen molar-refractivity contribution in [3.63, 3.8) is 0 Å². The minimum atomic E-state index is -0.440. The number of anilines is 1. The van der Waals surface area contributed by atoms with Gasteiger partial charge in [0, 0.05) is 37.9 Å². The van der Waals surface area contributed by atoms with E-state index in [9.17, 15) is 14.0 Å². The van der Waals surface area contributed by atoms with Gasteiger partial charge < -0.3 is 9.80 Å². The summed E-state index contributed by atoms with van der Waals surface area (Å²) in [5.41, 5.74) is 1.27. The second kappa shape index (κ2) is 6.86. The first-order valence-corrected chi connectivity index (χ1v) is 8.88. The van der Waals surface area contributed by atoms with Gasteiger partial charge in [-0.15, -0.1) is 0 Å². The van der Waals surface area contributed by atoms with Crippen LogP contribution < -0.4 is 4.90 Å². The summed E-state index contributed by atoms with van der Waals surface area (Å²) in [7, 11) is 0. The molecule has 1 atom stereocenters. The first-order chi connectivity index (χ1) is 12.6. The van der Waals surface area contributed by atoms with E-state index in [-0.39, 0.29) is 36.5 Å². The van der Waals surface area contributed by atoms with E-state index < -0.39 is 11.7 Å². The van der Waals surface area contributed by atoms with Crippen LogP contribution in [0.25, 0.3) is 0 Å². The predicted molar refractivity (Wildman–Crippen MR) is 94.7 cm³/mol. The quantitative estimate of drug-likeness (QED) is 0.831. The van der Waals surface area contributed by atoms with Crippen LogP contribution in [-0.4, -0.2) is 34.3 Å². The molecule has 1 saturated carbocycles. The predicted octanol–water partition coefficient (Wildman–Crippen LogP) is 2.76. The highest BCUT2D eigenvalue weighted by atomic mass is 19.1. The smallest absolute Gasteiger partial charge is 0.228 e. The van der Waals surface area contributed by atoms with E-state index in [2.05, 4.69) is 4.98 Å². The number of para-hydroxylation sites is 1. The van der Waals surface area contributed by atoms with Crippen LogP contribution in [0.1, 0.15) is 24.8 Å². The van der Waals surface area contributed by atoms with Gasteiger partial charge in [-0.2, -0.15) is 0 Å². The fourth-order valence-electron chi connectivity index (χ4n) is 3.47. The normalized spacial score (nSPS) is 19.7. The van der Waals surface area contributed by atoms with E-state index in [1.54, 1.807) is 30.6 Å². The summed E-state index contributed by atoms with van der Waals surface area (Å²) in [4.78, 5) is 32.7. The van der Waals surface area contributed by atoms with Crippen molar-refractivity contribution in [1.29, 1.82) is 0 Å². The minimum Gasteiger partial charge on any atom is -0.335 e. The number of aromatic nitrogens is 1. The highest BCUT2D eigenvalue weighted by Crippen LogP contribution is 2.33. The van der Waals surface area contributed by atoms with Gasteiger partial charge in [-0.25, -0.2) is 4.39 Å². The molecule has 0 radical (unpaired) electrons. The molecule has 1 aliphatic carbocycles. The summed E-state index contributed by atoms with van der Waals surface area (Å²) < 4.78 is 14.0. The van der Waals surface area contributed by atoms with Crippen LogP contribution in [0.3, 0.4) is 0 Å². The molecule has 2 aliphatic rings. The lowest BCUT2D eigenvalue weighted by Gasteiger charge is -2.25. The van der Waals surface area contributed by atoms with Crippen molar-refractivity contribution in [2.45, 2.75) is 31.8 Å². The SMILES string of the molecule is O=C1CC(C(=O)N(Cc2ccncc2)C2CC2)CN1c1ccccc1F. The third-order valence-corrected chi connectivity index (χ3v) is 4.99. The Morgan fingerprint density at radius 3 is 2.62 bits per heavy atom. The van der Waals surface area contributed by atoms with E-state index in [0.29, 0.717) is 6.54 Å². The summed E-state index contributed by atoms with van der Waals surface area (Å²) in [5.74, 6) is -1.08. The van der Waals surface area contributed by atoms with Gasteiger partial charge in [0.1, 0.15) is 5.82 Å². The van der Waals surface area contributed by atoms with Crippen molar-refractivity contribution >= 4 is 17.5 Å². The number of carbonyl (C=O) groups excluding carboxylic acids is 2. The third-order valence-electron chi connectivity index (χ3n) is 4.99. The number of pyridine rings is 1. The zero-order valence-electron chi connectivity index (χ0n) is 14.3. The van der Waals surface area contributed by atoms with Crippen LogP contribution in [0.15, 0.2) is 48.8 Å².